The number of carbonyl (C=O) groups excluding carboxylic acids is 1. The summed E-state index contributed by atoms with van der Waals surface area (Å²) in [6.45, 7) is 8.47. The highest BCUT2D eigenvalue weighted by Crippen LogP contribution is 2.38. The van der Waals surface area contributed by atoms with Crippen molar-refractivity contribution in [1.29, 1.82) is 0 Å². The number of ether oxygens (including phenoxy) is 1. The van der Waals surface area contributed by atoms with Gasteiger partial charge in [-0.05, 0) is 26.7 Å². The quantitative estimate of drug-likeness (QED) is 0.539. The molecular formula is C19H37N5O2. The molecule has 1 aliphatic heterocycles. The van der Waals surface area contributed by atoms with Gasteiger partial charge in [0.15, 0.2) is 5.96 Å². The standard InChI is InChI=1S/C19H37N5O2/c1-15(24-10-11-26-13-16(24)2)12-21-18(20-3)22-14-19(8-6-7-9-19)17(25)23(4)5/h15-16H,6-14H2,1-5H3,(H2,20,21,22). The molecule has 2 fully saturated rings. The SMILES string of the molecule is CN=C(NCC(C)N1CCOCC1C)NCC1(C(=O)N(C)C)CCCC1. The van der Waals surface area contributed by atoms with Crippen LogP contribution in [0, 0.1) is 5.41 Å². The van der Waals surface area contributed by atoms with Crippen molar-refractivity contribution in [2.75, 3.05) is 54.0 Å². The van der Waals surface area contributed by atoms with E-state index >= 15 is 0 Å². The topological polar surface area (TPSA) is 69.2 Å². The smallest absolute Gasteiger partial charge is 0.230 e. The van der Waals surface area contributed by atoms with Crippen LogP contribution in [0.2, 0.25) is 0 Å². The molecule has 150 valence electrons. The molecule has 2 unspecified atom stereocenters. The average Bonchev–Trinajstić information content (AvgIpc) is 3.11. The Kier molecular flexibility index (Phi) is 7.70. The van der Waals surface area contributed by atoms with Gasteiger partial charge in [0.2, 0.25) is 5.91 Å². The molecule has 2 aliphatic rings. The van der Waals surface area contributed by atoms with E-state index in [2.05, 4.69) is 34.4 Å². The fourth-order valence-electron chi connectivity index (χ4n) is 4.22. The first kappa shape index (κ1) is 21.0. The minimum absolute atomic E-state index is 0.230. The molecule has 2 N–H and O–H groups in total. The Bertz CT molecular complexity index is 488. The fourth-order valence-corrected chi connectivity index (χ4v) is 4.22. The van der Waals surface area contributed by atoms with E-state index in [1.165, 1.54) is 0 Å². The third-order valence-electron chi connectivity index (χ3n) is 5.79. The molecule has 7 heteroatoms. The average molecular weight is 368 g/mol. The molecule has 0 spiro atoms. The van der Waals surface area contributed by atoms with Crippen molar-refractivity contribution in [1.82, 2.24) is 20.4 Å². The predicted octanol–water partition coefficient (Wildman–Crippen LogP) is 0.909. The van der Waals surface area contributed by atoms with Crippen LogP contribution < -0.4 is 10.6 Å². The van der Waals surface area contributed by atoms with Crippen LogP contribution in [0.15, 0.2) is 4.99 Å². The van der Waals surface area contributed by atoms with Crippen molar-refractivity contribution >= 4 is 11.9 Å². The Balaban J connectivity index is 1.86. The highest BCUT2D eigenvalue weighted by Gasteiger charge is 2.42. The maximum Gasteiger partial charge on any atom is 0.230 e. The van der Waals surface area contributed by atoms with Crippen molar-refractivity contribution in [2.24, 2.45) is 10.4 Å². The summed E-state index contributed by atoms with van der Waals surface area (Å²) in [4.78, 5) is 21.2. The van der Waals surface area contributed by atoms with Crippen molar-refractivity contribution in [3.63, 3.8) is 0 Å². The summed E-state index contributed by atoms with van der Waals surface area (Å²) < 4.78 is 5.52. The van der Waals surface area contributed by atoms with E-state index in [4.69, 9.17) is 4.74 Å². The van der Waals surface area contributed by atoms with Crippen molar-refractivity contribution in [3.8, 4) is 0 Å². The van der Waals surface area contributed by atoms with Crippen molar-refractivity contribution in [2.45, 2.75) is 51.6 Å². The Morgan fingerprint density at radius 2 is 2.04 bits per heavy atom. The van der Waals surface area contributed by atoms with E-state index in [0.717, 1.165) is 57.9 Å². The minimum Gasteiger partial charge on any atom is -0.379 e. The number of morpholine rings is 1. The zero-order chi connectivity index (χ0) is 19.2. The number of aliphatic imine (C=N–C) groups is 1. The third-order valence-corrected chi connectivity index (χ3v) is 5.79. The lowest BCUT2D eigenvalue weighted by atomic mass is 9.84. The van der Waals surface area contributed by atoms with Crippen LogP contribution in [0.4, 0.5) is 0 Å². The molecule has 2 atom stereocenters. The molecule has 1 amide bonds. The van der Waals surface area contributed by atoms with E-state index in [1.54, 1.807) is 11.9 Å². The number of amides is 1. The number of hydrogen-bond acceptors (Lipinski definition) is 4. The second-order valence-electron chi connectivity index (χ2n) is 8.00. The predicted molar refractivity (Wildman–Crippen MR) is 105 cm³/mol. The molecule has 0 radical (unpaired) electrons. The third kappa shape index (κ3) is 5.10. The van der Waals surface area contributed by atoms with Gasteiger partial charge in [-0.25, -0.2) is 0 Å². The van der Waals surface area contributed by atoms with Gasteiger partial charge in [0, 0.05) is 52.9 Å². The number of rotatable bonds is 6. The van der Waals surface area contributed by atoms with Crippen molar-refractivity contribution < 1.29 is 9.53 Å². The summed E-state index contributed by atoms with van der Waals surface area (Å²) in [7, 11) is 5.48. The molecule has 1 saturated carbocycles. The Labute approximate surface area is 158 Å². The minimum atomic E-state index is -0.286. The number of guanidine groups is 1. The van der Waals surface area contributed by atoms with E-state index < -0.39 is 0 Å². The van der Waals surface area contributed by atoms with Gasteiger partial charge in [-0.15, -0.1) is 0 Å². The van der Waals surface area contributed by atoms with Crippen LogP contribution in [0.5, 0.6) is 0 Å². The van der Waals surface area contributed by atoms with Gasteiger partial charge in [-0.1, -0.05) is 12.8 Å². The van der Waals surface area contributed by atoms with Gasteiger partial charge in [0.1, 0.15) is 0 Å². The van der Waals surface area contributed by atoms with Gasteiger partial charge < -0.3 is 20.3 Å². The summed E-state index contributed by atoms with van der Waals surface area (Å²) in [6.07, 6.45) is 4.16. The number of nitrogens with one attached hydrogen (secondary N) is 2. The molecule has 0 aromatic carbocycles. The molecule has 1 heterocycles. The van der Waals surface area contributed by atoms with Gasteiger partial charge in [-0.3, -0.25) is 14.7 Å². The summed E-state index contributed by atoms with van der Waals surface area (Å²) in [6, 6.07) is 0.839. The van der Waals surface area contributed by atoms with Crippen LogP contribution in [-0.2, 0) is 9.53 Å². The number of hydrogen-bond donors (Lipinski definition) is 2. The highest BCUT2D eigenvalue weighted by molar-refractivity contribution is 5.85. The molecule has 0 aromatic heterocycles. The summed E-state index contributed by atoms with van der Waals surface area (Å²) >= 11 is 0. The Morgan fingerprint density at radius 3 is 2.62 bits per heavy atom. The highest BCUT2D eigenvalue weighted by atomic mass is 16.5. The lowest BCUT2D eigenvalue weighted by Crippen LogP contribution is -2.54. The lowest BCUT2D eigenvalue weighted by Gasteiger charge is -2.38. The first-order valence-electron chi connectivity index (χ1n) is 9.89. The molecule has 1 aliphatic carbocycles. The first-order valence-corrected chi connectivity index (χ1v) is 9.89. The fraction of sp³-hybridized carbons (Fsp3) is 0.895. The molecule has 0 aromatic rings. The van der Waals surface area contributed by atoms with E-state index in [-0.39, 0.29) is 11.3 Å². The maximum atomic E-state index is 12.7. The largest absolute Gasteiger partial charge is 0.379 e. The van der Waals surface area contributed by atoms with Crippen LogP contribution in [0.3, 0.4) is 0 Å². The summed E-state index contributed by atoms with van der Waals surface area (Å²) in [5.74, 6) is 1.00. The van der Waals surface area contributed by atoms with E-state index in [9.17, 15) is 4.79 Å². The van der Waals surface area contributed by atoms with Crippen LogP contribution >= 0.6 is 0 Å². The molecule has 26 heavy (non-hydrogen) atoms. The molecule has 1 saturated heterocycles. The van der Waals surface area contributed by atoms with Crippen LogP contribution in [0.1, 0.15) is 39.5 Å². The second-order valence-corrected chi connectivity index (χ2v) is 8.00. The normalized spacial score (nSPS) is 25.0. The Morgan fingerprint density at radius 1 is 1.35 bits per heavy atom. The first-order chi connectivity index (χ1) is 12.4. The molecule has 7 nitrogen and oxygen atoms in total. The lowest BCUT2D eigenvalue weighted by molar-refractivity contribution is -0.138. The summed E-state index contributed by atoms with van der Waals surface area (Å²) in [5.41, 5.74) is -0.286. The number of nitrogens with zero attached hydrogens (tertiary/aromatic N) is 3. The van der Waals surface area contributed by atoms with Gasteiger partial charge in [0.05, 0.1) is 18.6 Å². The van der Waals surface area contributed by atoms with E-state index in [0.29, 0.717) is 18.6 Å². The van der Waals surface area contributed by atoms with Crippen molar-refractivity contribution in [3.05, 3.63) is 0 Å². The zero-order valence-corrected chi connectivity index (χ0v) is 17.2. The Hall–Kier alpha value is -1.34. The van der Waals surface area contributed by atoms with Gasteiger partial charge in [0.25, 0.3) is 0 Å². The zero-order valence-electron chi connectivity index (χ0n) is 17.2. The molecule has 0 bridgehead atoms. The number of carbonyl (C=O) groups is 1. The maximum absolute atomic E-state index is 12.7. The molecular weight excluding hydrogens is 330 g/mol. The van der Waals surface area contributed by atoms with Gasteiger partial charge in [-0.2, -0.15) is 0 Å². The summed E-state index contributed by atoms with van der Waals surface area (Å²) in [5, 5.41) is 6.83. The van der Waals surface area contributed by atoms with Gasteiger partial charge >= 0.3 is 0 Å². The van der Waals surface area contributed by atoms with E-state index in [1.807, 2.05) is 14.1 Å². The molecule has 2 rings (SSSR count). The van der Waals surface area contributed by atoms with Crippen LogP contribution in [0.25, 0.3) is 0 Å². The van der Waals surface area contributed by atoms with Crippen LogP contribution in [-0.4, -0.2) is 87.7 Å². The second kappa shape index (κ2) is 9.55. The monoisotopic (exact) mass is 367 g/mol.